The van der Waals surface area contributed by atoms with Crippen molar-refractivity contribution in [3.63, 3.8) is 0 Å². The molecule has 1 aromatic carbocycles. The van der Waals surface area contributed by atoms with E-state index >= 15 is 0 Å². The summed E-state index contributed by atoms with van der Waals surface area (Å²) in [5.41, 5.74) is 0.801. The van der Waals surface area contributed by atoms with Gasteiger partial charge in [0.1, 0.15) is 8.77 Å². The molecule has 0 aliphatic rings. The Morgan fingerprint density at radius 3 is 2.33 bits per heavy atom. The molecule has 1 aromatic rings. The van der Waals surface area contributed by atoms with Gasteiger partial charge in [-0.1, -0.05) is 30.3 Å². The summed E-state index contributed by atoms with van der Waals surface area (Å²) in [6.07, 6.45) is 0. The molecule has 0 aliphatic heterocycles. The monoisotopic (exact) mass is 212 g/mol. The zero-order valence-electron chi connectivity index (χ0n) is 7.77. The van der Waals surface area contributed by atoms with E-state index in [-0.39, 0.29) is 36.7 Å². The van der Waals surface area contributed by atoms with Gasteiger partial charge in [0, 0.05) is 11.2 Å². The van der Waals surface area contributed by atoms with Gasteiger partial charge in [-0.25, -0.2) is 4.21 Å². The maximum absolute atomic E-state index is 10.7. The van der Waals surface area contributed by atoms with Gasteiger partial charge in [0.25, 0.3) is 0 Å². The molecule has 12 heavy (non-hydrogen) atoms. The summed E-state index contributed by atoms with van der Waals surface area (Å²) in [6.45, 7) is 0. The molecular weight excluding hydrogens is 203 g/mol. The number of hydrogen-bond donors (Lipinski definition) is 1. The molecule has 0 spiro atoms. The van der Waals surface area contributed by atoms with Gasteiger partial charge >= 0.3 is 29.6 Å². The van der Waals surface area contributed by atoms with Gasteiger partial charge in [0.2, 0.25) is 0 Å². The molecule has 1 rings (SSSR count). The Labute approximate surface area is 101 Å². The van der Waals surface area contributed by atoms with Crippen LogP contribution in [0, 0.1) is 0 Å². The first-order chi connectivity index (χ1) is 5.08. The van der Waals surface area contributed by atoms with Crippen LogP contribution in [0.5, 0.6) is 0 Å². The Balaban J connectivity index is 0. The molecule has 2 nitrogen and oxygen atoms in total. The van der Waals surface area contributed by atoms with Crippen molar-refractivity contribution in [2.45, 2.75) is 5.75 Å². The molecule has 5 heteroatoms. The van der Waals surface area contributed by atoms with E-state index < -0.39 is 8.77 Å². The second-order valence-corrected chi connectivity index (χ2v) is 5.23. The van der Waals surface area contributed by atoms with Crippen LogP contribution < -0.4 is 29.6 Å². The maximum atomic E-state index is 10.7. The van der Waals surface area contributed by atoms with Crippen molar-refractivity contribution in [3.05, 3.63) is 35.9 Å². The standard InChI is InChI=1S/C7H8O2S2.Na.H/c8-11(9,10)6-7-4-2-1-3-5-7;;/h1-5H,6H2,(H,8,9,10);;/q;+1;-1. The zero-order valence-corrected chi connectivity index (χ0v) is 10.4. The van der Waals surface area contributed by atoms with E-state index in [0.717, 1.165) is 5.56 Å². The second kappa shape index (κ2) is 5.32. The first-order valence-electron chi connectivity index (χ1n) is 3.07. The van der Waals surface area contributed by atoms with Crippen LogP contribution in [0.2, 0.25) is 0 Å². The van der Waals surface area contributed by atoms with Gasteiger partial charge in [0.15, 0.2) is 0 Å². The molecule has 1 unspecified atom stereocenters. The Bertz CT molecular complexity index is 326. The van der Waals surface area contributed by atoms with Crippen molar-refractivity contribution in [1.82, 2.24) is 0 Å². The molecule has 62 valence electrons. The van der Waals surface area contributed by atoms with Crippen molar-refractivity contribution < 1.29 is 39.7 Å². The van der Waals surface area contributed by atoms with Gasteiger partial charge in [-0.2, -0.15) is 0 Å². The molecule has 1 N–H and O–H groups in total. The molecule has 0 saturated heterocycles. The third-order valence-electron chi connectivity index (χ3n) is 1.19. The first kappa shape index (κ1) is 12.6. The largest absolute Gasteiger partial charge is 1.00 e. The summed E-state index contributed by atoms with van der Waals surface area (Å²) in [5.74, 6) is 0.0587. The van der Waals surface area contributed by atoms with Crippen LogP contribution >= 0.6 is 0 Å². The number of benzene rings is 1. The molecule has 0 aliphatic carbocycles. The quantitative estimate of drug-likeness (QED) is 0.608. The minimum atomic E-state index is -3.04. The van der Waals surface area contributed by atoms with Crippen molar-refractivity contribution in [1.29, 1.82) is 0 Å². The summed E-state index contributed by atoms with van der Waals surface area (Å²) in [6, 6.07) is 9.04. The van der Waals surface area contributed by atoms with E-state index in [1.54, 1.807) is 12.1 Å². The maximum Gasteiger partial charge on any atom is 1.00 e. The van der Waals surface area contributed by atoms with Gasteiger partial charge in [-0.05, 0) is 5.56 Å². The minimum Gasteiger partial charge on any atom is -1.00 e. The summed E-state index contributed by atoms with van der Waals surface area (Å²) in [7, 11) is -3.04. The van der Waals surface area contributed by atoms with Crippen LogP contribution in [0.15, 0.2) is 30.3 Å². The Hall–Kier alpha value is 0.550. The van der Waals surface area contributed by atoms with Crippen molar-refractivity contribution in [2.24, 2.45) is 0 Å². The SMILES string of the molecule is O=S(O)(=S)Cc1ccccc1.[H-].[Na+]. The van der Waals surface area contributed by atoms with Gasteiger partial charge < -0.3 is 5.98 Å². The predicted octanol–water partition coefficient (Wildman–Crippen LogP) is -1.48. The third kappa shape index (κ3) is 5.24. The topological polar surface area (TPSA) is 37.3 Å². The Morgan fingerprint density at radius 2 is 1.92 bits per heavy atom. The van der Waals surface area contributed by atoms with Crippen LogP contribution in [0.25, 0.3) is 0 Å². The third-order valence-corrected chi connectivity index (χ3v) is 2.24. The van der Waals surface area contributed by atoms with Crippen LogP contribution in [-0.4, -0.2) is 8.76 Å². The molecule has 0 radical (unpaired) electrons. The number of rotatable bonds is 2. The molecular formula is C7H9NaO2S2. The average molecular weight is 212 g/mol. The normalized spacial score (nSPS) is 14.4. The van der Waals surface area contributed by atoms with Gasteiger partial charge in [-0.15, -0.1) is 0 Å². The second-order valence-electron chi connectivity index (χ2n) is 2.21. The molecule has 1 atom stereocenters. The minimum absolute atomic E-state index is 0. The van der Waals surface area contributed by atoms with E-state index in [4.69, 9.17) is 4.55 Å². The summed E-state index contributed by atoms with van der Waals surface area (Å²) in [4.78, 5) is 0. The fraction of sp³-hybridized carbons (Fsp3) is 0.143. The fourth-order valence-electron chi connectivity index (χ4n) is 0.785. The zero-order chi connectivity index (χ0) is 8.32. The van der Waals surface area contributed by atoms with Gasteiger partial charge in [-0.3, -0.25) is 0 Å². The molecule has 0 heterocycles. The molecule has 0 saturated carbocycles. The van der Waals surface area contributed by atoms with Crippen molar-refractivity contribution in [2.75, 3.05) is 0 Å². The molecule has 0 aromatic heterocycles. The summed E-state index contributed by atoms with van der Waals surface area (Å²) in [5, 5.41) is 0. The van der Waals surface area contributed by atoms with Gasteiger partial charge in [0.05, 0.1) is 5.75 Å². The van der Waals surface area contributed by atoms with Crippen LogP contribution in [0.3, 0.4) is 0 Å². The number of hydrogen-bond acceptors (Lipinski definition) is 2. The summed E-state index contributed by atoms with van der Waals surface area (Å²) >= 11 is 4.35. The fourth-order valence-corrected chi connectivity index (χ4v) is 1.81. The van der Waals surface area contributed by atoms with Crippen molar-refractivity contribution >= 4 is 20.0 Å². The van der Waals surface area contributed by atoms with E-state index in [2.05, 4.69) is 11.2 Å². The van der Waals surface area contributed by atoms with E-state index in [9.17, 15) is 4.21 Å². The predicted molar refractivity (Wildman–Crippen MR) is 49.4 cm³/mol. The molecule has 0 bridgehead atoms. The van der Waals surface area contributed by atoms with Crippen LogP contribution in [0.4, 0.5) is 0 Å². The smallest absolute Gasteiger partial charge is 1.00 e. The average Bonchev–Trinajstić information content (AvgIpc) is 1.85. The van der Waals surface area contributed by atoms with Crippen LogP contribution in [0.1, 0.15) is 6.99 Å². The van der Waals surface area contributed by atoms with E-state index in [1.807, 2.05) is 18.2 Å². The molecule has 0 fully saturated rings. The van der Waals surface area contributed by atoms with Crippen LogP contribution in [-0.2, 0) is 25.7 Å². The molecule has 0 amide bonds. The summed E-state index contributed by atoms with van der Waals surface area (Å²) < 4.78 is 19.5. The van der Waals surface area contributed by atoms with E-state index in [0.29, 0.717) is 0 Å². The van der Waals surface area contributed by atoms with E-state index in [1.165, 1.54) is 0 Å². The first-order valence-corrected chi connectivity index (χ1v) is 5.68. The Kier molecular flexibility index (Phi) is 5.56. The van der Waals surface area contributed by atoms with Crippen molar-refractivity contribution in [3.8, 4) is 0 Å². The Morgan fingerprint density at radius 1 is 1.42 bits per heavy atom.